The van der Waals surface area contributed by atoms with Crippen LogP contribution < -0.4 is 0 Å². The quantitative estimate of drug-likeness (QED) is 0.709. The van der Waals surface area contributed by atoms with Crippen LogP contribution in [0.1, 0.15) is 44.9 Å². The number of halogens is 1. The Hall–Kier alpha value is -2.45. The number of amides is 1. The maximum Gasteiger partial charge on any atom is 0.410 e. The molecular formula is C22H28ClN3O5. The summed E-state index contributed by atoms with van der Waals surface area (Å²) in [6, 6.07) is 3.04. The van der Waals surface area contributed by atoms with E-state index in [1.54, 1.807) is 4.90 Å². The lowest BCUT2D eigenvalue weighted by molar-refractivity contribution is 0.0134. The first-order chi connectivity index (χ1) is 14.6. The van der Waals surface area contributed by atoms with Gasteiger partial charge in [-0.2, -0.15) is 0 Å². The second-order valence-electron chi connectivity index (χ2n) is 9.18. The number of fused-ring (bicyclic) bond motifs is 1. The summed E-state index contributed by atoms with van der Waals surface area (Å²) in [5.74, 6) is 0.184. The van der Waals surface area contributed by atoms with Gasteiger partial charge in [-0.15, -0.1) is 0 Å². The number of piperidine rings is 1. The molecule has 0 atom stereocenters. The van der Waals surface area contributed by atoms with Crippen LogP contribution in [0.2, 0.25) is 5.02 Å². The number of hydrogen-bond acceptors (Lipinski definition) is 7. The van der Waals surface area contributed by atoms with Crippen LogP contribution in [0.4, 0.5) is 4.79 Å². The molecule has 1 aromatic heterocycles. The van der Waals surface area contributed by atoms with Crippen molar-refractivity contribution in [2.75, 3.05) is 19.6 Å². The van der Waals surface area contributed by atoms with Gasteiger partial charge >= 0.3 is 6.09 Å². The molecule has 0 unspecified atom stereocenters. The largest absolute Gasteiger partial charge is 0.507 e. The molecule has 168 valence electrons. The molecular weight excluding hydrogens is 422 g/mol. The van der Waals surface area contributed by atoms with Crippen molar-refractivity contribution in [1.82, 2.24) is 15.0 Å². The number of ether oxygens (including phenoxy) is 1. The number of carbonyl (C=O) groups excluding carboxylic acids is 1. The number of phenols is 2. The number of likely N-dealkylation sites (tertiary alicyclic amines) is 1. The van der Waals surface area contributed by atoms with Gasteiger partial charge in [-0.05, 0) is 39.7 Å². The van der Waals surface area contributed by atoms with Gasteiger partial charge in [-0.1, -0.05) is 16.8 Å². The van der Waals surface area contributed by atoms with Gasteiger partial charge in [-0.25, -0.2) is 4.79 Å². The maximum atomic E-state index is 12.3. The van der Waals surface area contributed by atoms with E-state index in [2.05, 4.69) is 10.1 Å². The van der Waals surface area contributed by atoms with Crippen molar-refractivity contribution < 1.29 is 24.3 Å². The smallest absolute Gasteiger partial charge is 0.410 e. The first kappa shape index (κ1) is 21.8. The predicted molar refractivity (Wildman–Crippen MR) is 115 cm³/mol. The van der Waals surface area contributed by atoms with Crippen LogP contribution in [0.15, 0.2) is 16.7 Å². The van der Waals surface area contributed by atoms with Crippen LogP contribution in [-0.4, -0.2) is 62.5 Å². The molecule has 2 N–H and O–H groups in total. The fraction of sp³-hybridized carbons (Fsp3) is 0.545. The van der Waals surface area contributed by atoms with Gasteiger partial charge in [0, 0.05) is 50.3 Å². The molecule has 4 rings (SSSR count). The Kier molecular flexibility index (Phi) is 5.79. The highest BCUT2D eigenvalue weighted by Gasteiger charge is 2.33. The van der Waals surface area contributed by atoms with Crippen LogP contribution >= 0.6 is 11.6 Å². The lowest BCUT2D eigenvalue weighted by atomic mass is 9.96. The fourth-order valence-electron chi connectivity index (χ4n) is 4.23. The molecule has 8 nitrogen and oxygen atoms in total. The first-order valence-corrected chi connectivity index (χ1v) is 10.9. The number of rotatable bonds is 2. The standard InChI is InChI=1S/C22H28ClN3O5/c1-22(2,3)30-21(29)25-7-4-13(5-8-25)26-9-6-17-15(12-26)20(31-24-17)14-10-16(23)19(28)11-18(14)27/h10-11,13,27-28H,4-9,12H2,1-3H3. The van der Waals surface area contributed by atoms with Crippen LogP contribution in [-0.2, 0) is 17.7 Å². The minimum absolute atomic E-state index is 0.108. The molecule has 1 fully saturated rings. The molecule has 1 amide bonds. The zero-order valence-corrected chi connectivity index (χ0v) is 18.8. The van der Waals surface area contributed by atoms with Gasteiger partial charge in [0.05, 0.1) is 16.3 Å². The highest BCUT2D eigenvalue weighted by molar-refractivity contribution is 6.32. The van der Waals surface area contributed by atoms with Gasteiger partial charge in [0.25, 0.3) is 0 Å². The molecule has 2 aliphatic rings. The minimum Gasteiger partial charge on any atom is -0.507 e. The lowest BCUT2D eigenvalue weighted by Gasteiger charge is -2.40. The highest BCUT2D eigenvalue weighted by Crippen LogP contribution is 2.41. The zero-order chi connectivity index (χ0) is 22.3. The molecule has 0 radical (unpaired) electrons. The molecule has 0 spiro atoms. The summed E-state index contributed by atoms with van der Waals surface area (Å²) in [6.45, 7) is 8.44. The van der Waals surface area contributed by atoms with Crippen LogP contribution in [0.3, 0.4) is 0 Å². The minimum atomic E-state index is -0.495. The summed E-state index contributed by atoms with van der Waals surface area (Å²) in [5, 5.41) is 24.3. The molecule has 31 heavy (non-hydrogen) atoms. The molecule has 2 aliphatic heterocycles. The highest BCUT2D eigenvalue weighted by atomic mass is 35.5. The topological polar surface area (TPSA) is 99.3 Å². The average Bonchev–Trinajstić information content (AvgIpc) is 3.12. The van der Waals surface area contributed by atoms with Gasteiger partial charge in [0.15, 0.2) is 5.76 Å². The van der Waals surface area contributed by atoms with E-state index in [1.807, 2.05) is 20.8 Å². The van der Waals surface area contributed by atoms with Crippen LogP contribution in [0.5, 0.6) is 11.5 Å². The Morgan fingerprint density at radius 1 is 1.19 bits per heavy atom. The third-order valence-electron chi connectivity index (χ3n) is 5.81. The first-order valence-electron chi connectivity index (χ1n) is 10.5. The van der Waals surface area contributed by atoms with Crippen molar-refractivity contribution in [3.63, 3.8) is 0 Å². The Morgan fingerprint density at radius 2 is 1.90 bits per heavy atom. The number of aromatic hydroxyl groups is 2. The van der Waals surface area contributed by atoms with E-state index < -0.39 is 5.60 Å². The van der Waals surface area contributed by atoms with E-state index in [0.29, 0.717) is 37.0 Å². The SMILES string of the molecule is CC(C)(C)OC(=O)N1CCC(N2CCc3noc(-c4cc(Cl)c(O)cc4O)c3C2)CC1. The number of phenolic OH excluding ortho intramolecular Hbond substituents is 2. The second-order valence-corrected chi connectivity index (χ2v) is 9.58. The van der Waals surface area contributed by atoms with Crippen molar-refractivity contribution in [2.24, 2.45) is 0 Å². The number of nitrogens with zero attached hydrogens (tertiary/aromatic N) is 3. The van der Waals surface area contributed by atoms with Gasteiger partial charge in [0.2, 0.25) is 0 Å². The summed E-state index contributed by atoms with van der Waals surface area (Å²) in [7, 11) is 0. The van der Waals surface area contributed by atoms with Crippen LogP contribution in [0.25, 0.3) is 11.3 Å². The number of aromatic nitrogens is 1. The Balaban J connectivity index is 1.45. The molecule has 3 heterocycles. The summed E-state index contributed by atoms with van der Waals surface area (Å²) in [5.41, 5.74) is 1.72. The maximum absolute atomic E-state index is 12.3. The summed E-state index contributed by atoms with van der Waals surface area (Å²) in [4.78, 5) is 16.5. The van der Waals surface area contributed by atoms with Gasteiger partial charge in [0.1, 0.15) is 17.1 Å². The molecule has 0 saturated carbocycles. The Labute approximate surface area is 186 Å². The summed E-state index contributed by atoms with van der Waals surface area (Å²) < 4.78 is 11.1. The van der Waals surface area contributed by atoms with Gasteiger partial charge in [-0.3, -0.25) is 4.90 Å². The normalized spacial score (nSPS) is 18.1. The molecule has 9 heteroatoms. The Morgan fingerprint density at radius 3 is 2.58 bits per heavy atom. The third kappa shape index (κ3) is 4.60. The van der Waals surface area contributed by atoms with Crippen LogP contribution in [0, 0.1) is 0 Å². The van der Waals surface area contributed by atoms with Gasteiger partial charge < -0.3 is 24.4 Å². The van der Waals surface area contributed by atoms with Crippen molar-refractivity contribution in [2.45, 2.75) is 58.2 Å². The average molecular weight is 450 g/mol. The molecule has 0 aliphatic carbocycles. The van der Waals surface area contributed by atoms with E-state index in [4.69, 9.17) is 20.9 Å². The third-order valence-corrected chi connectivity index (χ3v) is 6.11. The van der Waals surface area contributed by atoms with E-state index in [1.165, 1.54) is 12.1 Å². The van der Waals surface area contributed by atoms with E-state index in [-0.39, 0.29) is 22.6 Å². The van der Waals surface area contributed by atoms with E-state index in [0.717, 1.165) is 37.1 Å². The zero-order valence-electron chi connectivity index (χ0n) is 18.0. The summed E-state index contributed by atoms with van der Waals surface area (Å²) in [6.07, 6.45) is 2.22. The predicted octanol–water partition coefficient (Wildman–Crippen LogP) is 4.16. The van der Waals surface area contributed by atoms with Crippen molar-refractivity contribution in [3.05, 3.63) is 28.4 Å². The summed E-state index contributed by atoms with van der Waals surface area (Å²) >= 11 is 6.04. The van der Waals surface area contributed by atoms with Crippen molar-refractivity contribution in [1.29, 1.82) is 0 Å². The number of benzene rings is 1. The second kappa shape index (κ2) is 8.24. The van der Waals surface area contributed by atoms with Crippen molar-refractivity contribution in [3.8, 4) is 22.8 Å². The molecule has 2 aromatic rings. The van der Waals surface area contributed by atoms with Crippen molar-refractivity contribution >= 4 is 17.7 Å². The molecule has 1 saturated heterocycles. The number of hydrogen-bond donors (Lipinski definition) is 2. The molecule has 0 bridgehead atoms. The van der Waals surface area contributed by atoms with E-state index >= 15 is 0 Å². The lowest BCUT2D eigenvalue weighted by Crippen LogP contribution is -2.49. The number of carbonyl (C=O) groups is 1. The Bertz CT molecular complexity index is 976. The monoisotopic (exact) mass is 449 g/mol. The fourth-order valence-corrected chi connectivity index (χ4v) is 4.39. The van der Waals surface area contributed by atoms with E-state index in [9.17, 15) is 15.0 Å². The molecule has 1 aromatic carbocycles.